The van der Waals surface area contributed by atoms with E-state index < -0.39 is 0 Å². The van der Waals surface area contributed by atoms with Gasteiger partial charge in [-0.1, -0.05) is 37.5 Å². The quantitative estimate of drug-likeness (QED) is 0.263. The molecule has 1 atom stereocenters. The lowest BCUT2D eigenvalue weighted by Crippen LogP contribution is -2.35. The topological polar surface area (TPSA) is 93.4 Å². The number of carbonyl (C=O) groups excluding carboxylic acids is 1. The number of carbonyl (C=O) groups is 1. The Morgan fingerprint density at radius 2 is 1.83 bits per heavy atom. The van der Waals surface area contributed by atoms with E-state index in [4.69, 9.17) is 14.2 Å². The zero-order valence-corrected chi connectivity index (χ0v) is 24.2. The number of aromatic hydroxyl groups is 2. The van der Waals surface area contributed by atoms with Crippen molar-refractivity contribution in [3.8, 4) is 29.0 Å². The average Bonchev–Trinajstić information content (AvgIpc) is 3.58. The molecule has 0 bridgehead atoms. The molecule has 1 aliphatic carbocycles. The van der Waals surface area contributed by atoms with E-state index in [2.05, 4.69) is 29.2 Å². The fourth-order valence-electron chi connectivity index (χ4n) is 6.23. The minimum absolute atomic E-state index is 0.0116. The van der Waals surface area contributed by atoms with Crippen LogP contribution in [0.2, 0.25) is 0 Å². The van der Waals surface area contributed by atoms with Gasteiger partial charge < -0.3 is 24.4 Å². The number of hydrogen-bond acceptors (Lipinski definition) is 7. The molecule has 2 aliphatic rings. The van der Waals surface area contributed by atoms with Crippen LogP contribution in [0.1, 0.15) is 68.2 Å². The summed E-state index contributed by atoms with van der Waals surface area (Å²) in [7, 11) is 1.63. The van der Waals surface area contributed by atoms with Crippen LogP contribution < -0.4 is 14.2 Å². The van der Waals surface area contributed by atoms with Crippen molar-refractivity contribution in [2.45, 2.75) is 71.0 Å². The Kier molecular flexibility index (Phi) is 9.39. The second kappa shape index (κ2) is 13.3. The molecule has 2 N–H and O–H groups in total. The van der Waals surface area contributed by atoms with Crippen molar-refractivity contribution < 1.29 is 29.2 Å². The van der Waals surface area contributed by atoms with Gasteiger partial charge in [0.25, 0.3) is 0 Å². The van der Waals surface area contributed by atoms with Crippen LogP contribution in [-0.4, -0.2) is 52.3 Å². The predicted octanol–water partition coefficient (Wildman–Crippen LogP) is 6.02. The van der Waals surface area contributed by atoms with Crippen LogP contribution in [0.15, 0.2) is 48.5 Å². The van der Waals surface area contributed by atoms with Crippen LogP contribution in [0, 0.1) is 5.92 Å². The Balaban J connectivity index is 1.37. The second-order valence-corrected chi connectivity index (χ2v) is 11.4. The van der Waals surface area contributed by atoms with Crippen LogP contribution in [0.4, 0.5) is 0 Å². The van der Waals surface area contributed by atoms with Gasteiger partial charge in [-0.15, -0.1) is 0 Å². The number of aromatic nitrogens is 1. The highest BCUT2D eigenvalue weighted by atomic mass is 16.5. The highest BCUT2D eigenvalue weighted by Gasteiger charge is 2.28. The highest BCUT2D eigenvalue weighted by molar-refractivity contribution is 5.76. The normalized spacial score (nSPS) is 15.9. The van der Waals surface area contributed by atoms with Gasteiger partial charge in [-0.2, -0.15) is 0 Å². The molecule has 0 radical (unpaired) electrons. The van der Waals surface area contributed by atoms with Gasteiger partial charge in [0.15, 0.2) is 23.3 Å². The molecule has 0 spiro atoms. The summed E-state index contributed by atoms with van der Waals surface area (Å²) in [4.78, 5) is 15.1. The molecule has 3 aromatic rings. The van der Waals surface area contributed by atoms with Crippen molar-refractivity contribution in [1.82, 2.24) is 9.47 Å². The third-order valence-corrected chi connectivity index (χ3v) is 8.36. The largest absolute Gasteiger partial charge is 0.494 e. The molecule has 41 heavy (non-hydrogen) atoms. The lowest BCUT2D eigenvalue weighted by atomic mass is 9.87. The number of hydrogen-bond donors (Lipinski definition) is 2. The molecule has 8 heteroatoms. The molecule has 1 unspecified atom stereocenters. The standard InChI is InChI=1S/C33H42N2O6/c1-23(36)18-28(26-9-11-29-27(20-26)14-16-40-29)34(21-24-6-4-3-5-7-24)22-25-8-10-30(31(19-25)39-2)41-17-15-35-32(37)12-13-33(35)38/h8-13,19-20,24,28,37-38H,3-7,14-18,21-22H2,1-2H3. The summed E-state index contributed by atoms with van der Waals surface area (Å²) >= 11 is 0. The Bertz CT molecular complexity index is 1310. The Hall–Kier alpha value is -3.65. The predicted molar refractivity (Wildman–Crippen MR) is 157 cm³/mol. The first-order valence-corrected chi connectivity index (χ1v) is 14.8. The summed E-state index contributed by atoms with van der Waals surface area (Å²) < 4.78 is 18.8. The SMILES string of the molecule is COc1cc(CN(CC2CCCCC2)C(CC(C)=O)c2ccc3c(c2)CCO3)ccc1OCCn1c(O)ccc1O. The monoisotopic (exact) mass is 562 g/mol. The summed E-state index contributed by atoms with van der Waals surface area (Å²) in [5.41, 5.74) is 3.48. The minimum atomic E-state index is -0.0239. The molecule has 2 aromatic carbocycles. The van der Waals surface area contributed by atoms with Crippen LogP contribution in [0.3, 0.4) is 0 Å². The third kappa shape index (κ3) is 7.17. The van der Waals surface area contributed by atoms with Crippen molar-refractivity contribution in [3.05, 3.63) is 65.2 Å². The first-order valence-electron chi connectivity index (χ1n) is 14.8. The van der Waals surface area contributed by atoms with E-state index in [9.17, 15) is 15.0 Å². The first-order chi connectivity index (χ1) is 19.9. The molecule has 0 amide bonds. The van der Waals surface area contributed by atoms with Gasteiger partial charge in [-0.05, 0) is 60.6 Å². The van der Waals surface area contributed by atoms with Crippen molar-refractivity contribution in [2.75, 3.05) is 26.9 Å². The number of rotatable bonds is 13. The lowest BCUT2D eigenvalue weighted by molar-refractivity contribution is -0.118. The number of ether oxygens (including phenoxy) is 3. The summed E-state index contributed by atoms with van der Waals surface area (Å²) in [6.07, 6.45) is 7.66. The summed E-state index contributed by atoms with van der Waals surface area (Å²) in [6.45, 7) is 4.57. The number of nitrogens with zero attached hydrogens (tertiary/aromatic N) is 2. The number of benzene rings is 2. The smallest absolute Gasteiger partial charge is 0.193 e. The first kappa shape index (κ1) is 28.9. The fourth-order valence-corrected chi connectivity index (χ4v) is 6.23. The maximum Gasteiger partial charge on any atom is 0.193 e. The van der Waals surface area contributed by atoms with Crippen LogP contribution in [0.5, 0.6) is 29.0 Å². The van der Waals surface area contributed by atoms with Gasteiger partial charge in [0, 0.05) is 44.1 Å². The highest BCUT2D eigenvalue weighted by Crippen LogP contribution is 2.36. The van der Waals surface area contributed by atoms with Crippen LogP contribution in [0.25, 0.3) is 0 Å². The Morgan fingerprint density at radius 1 is 1.05 bits per heavy atom. The summed E-state index contributed by atoms with van der Waals surface area (Å²) in [5, 5.41) is 19.8. The lowest BCUT2D eigenvalue weighted by Gasteiger charge is -2.36. The maximum absolute atomic E-state index is 12.6. The number of methoxy groups -OCH3 is 1. The maximum atomic E-state index is 12.6. The summed E-state index contributed by atoms with van der Waals surface area (Å²) in [6, 6.07) is 15.3. The van der Waals surface area contributed by atoms with Gasteiger partial charge >= 0.3 is 0 Å². The molecule has 1 fully saturated rings. The Morgan fingerprint density at radius 3 is 2.56 bits per heavy atom. The molecular weight excluding hydrogens is 520 g/mol. The zero-order valence-electron chi connectivity index (χ0n) is 24.2. The van der Waals surface area contributed by atoms with E-state index in [1.165, 1.54) is 59.9 Å². The van der Waals surface area contributed by atoms with Gasteiger partial charge in [0.2, 0.25) is 0 Å². The van der Waals surface area contributed by atoms with Gasteiger partial charge in [-0.3, -0.25) is 14.3 Å². The molecule has 2 heterocycles. The molecule has 1 aliphatic heterocycles. The van der Waals surface area contributed by atoms with E-state index >= 15 is 0 Å². The molecule has 1 saturated carbocycles. The number of fused-ring (bicyclic) bond motifs is 1. The van der Waals surface area contributed by atoms with E-state index in [1.807, 2.05) is 12.1 Å². The average molecular weight is 563 g/mol. The van der Waals surface area contributed by atoms with E-state index in [-0.39, 0.29) is 30.2 Å². The van der Waals surface area contributed by atoms with Gasteiger partial charge in [-0.25, -0.2) is 0 Å². The molecule has 1 aromatic heterocycles. The fraction of sp³-hybridized carbons (Fsp3) is 0.485. The van der Waals surface area contributed by atoms with E-state index in [1.54, 1.807) is 14.0 Å². The molecule has 0 saturated heterocycles. The third-order valence-electron chi connectivity index (χ3n) is 8.36. The molecular formula is C33H42N2O6. The van der Waals surface area contributed by atoms with E-state index in [0.29, 0.717) is 43.5 Å². The van der Waals surface area contributed by atoms with Crippen molar-refractivity contribution in [2.24, 2.45) is 5.92 Å². The summed E-state index contributed by atoms with van der Waals surface area (Å²) in [5.74, 6) is 2.95. The minimum Gasteiger partial charge on any atom is -0.494 e. The zero-order chi connectivity index (χ0) is 28.8. The Labute approximate surface area is 242 Å². The van der Waals surface area contributed by atoms with Crippen LogP contribution in [-0.2, 0) is 24.3 Å². The number of ketones is 1. The van der Waals surface area contributed by atoms with Crippen molar-refractivity contribution >= 4 is 5.78 Å². The van der Waals surface area contributed by atoms with E-state index in [0.717, 1.165) is 24.3 Å². The van der Waals surface area contributed by atoms with Crippen molar-refractivity contribution in [1.29, 1.82) is 0 Å². The van der Waals surface area contributed by atoms with Crippen LogP contribution >= 0.6 is 0 Å². The molecule has 8 nitrogen and oxygen atoms in total. The van der Waals surface area contributed by atoms with Crippen molar-refractivity contribution in [3.63, 3.8) is 0 Å². The van der Waals surface area contributed by atoms with Gasteiger partial charge in [0.05, 0.1) is 20.3 Å². The molecule has 5 rings (SSSR count). The number of Topliss-reactive ketones (excluding diaryl/α,β-unsaturated/α-hetero) is 1. The molecule has 220 valence electrons. The van der Waals surface area contributed by atoms with Gasteiger partial charge in [0.1, 0.15) is 18.1 Å². The second-order valence-electron chi connectivity index (χ2n) is 11.4.